The van der Waals surface area contributed by atoms with Gasteiger partial charge in [-0.1, -0.05) is 29.8 Å². The van der Waals surface area contributed by atoms with E-state index in [1.54, 1.807) is 0 Å². The van der Waals surface area contributed by atoms with Crippen molar-refractivity contribution in [3.05, 3.63) is 35.4 Å². The fourth-order valence-electron chi connectivity index (χ4n) is 4.13. The van der Waals surface area contributed by atoms with Gasteiger partial charge in [0.15, 0.2) is 6.29 Å². The lowest BCUT2D eigenvalue weighted by Gasteiger charge is -2.33. The smallest absolute Gasteiger partial charge is 0.234 e. The number of likely N-dealkylation sites (tertiary alicyclic amines) is 1. The van der Waals surface area contributed by atoms with E-state index in [0.29, 0.717) is 18.4 Å². The van der Waals surface area contributed by atoms with Crippen molar-refractivity contribution in [2.45, 2.75) is 44.9 Å². The number of ether oxygens (including phenoxy) is 2. The summed E-state index contributed by atoms with van der Waals surface area (Å²) < 4.78 is 11.3. The van der Waals surface area contributed by atoms with E-state index in [0.717, 1.165) is 39.1 Å². The minimum atomic E-state index is -0.0215. The first-order chi connectivity index (χ1) is 12.7. The van der Waals surface area contributed by atoms with Crippen molar-refractivity contribution in [3.8, 4) is 0 Å². The lowest BCUT2D eigenvalue weighted by atomic mass is 9.96. The van der Waals surface area contributed by atoms with Crippen molar-refractivity contribution in [1.82, 2.24) is 10.2 Å². The summed E-state index contributed by atoms with van der Waals surface area (Å²) in [4.78, 5) is 14.9. The molecule has 1 aromatic rings. The van der Waals surface area contributed by atoms with Gasteiger partial charge >= 0.3 is 0 Å². The van der Waals surface area contributed by atoms with Gasteiger partial charge in [-0.2, -0.15) is 0 Å². The number of rotatable bonds is 6. The molecule has 0 bridgehead atoms. The Balaban J connectivity index is 1.27. The highest BCUT2D eigenvalue weighted by Gasteiger charge is 2.34. The quantitative estimate of drug-likeness (QED) is 0.849. The predicted octanol–water partition coefficient (Wildman–Crippen LogP) is 2.65. The maximum Gasteiger partial charge on any atom is 0.234 e. The Morgan fingerprint density at radius 3 is 2.38 bits per heavy atom. The first kappa shape index (κ1) is 18.0. The molecule has 2 heterocycles. The van der Waals surface area contributed by atoms with Crippen LogP contribution in [0.15, 0.2) is 24.3 Å². The second-order valence-electron chi connectivity index (χ2n) is 8.02. The lowest BCUT2D eigenvalue weighted by molar-refractivity contribution is -0.124. The van der Waals surface area contributed by atoms with Gasteiger partial charge in [0.25, 0.3) is 0 Å². The van der Waals surface area contributed by atoms with Crippen molar-refractivity contribution in [2.24, 2.45) is 11.8 Å². The van der Waals surface area contributed by atoms with Crippen molar-refractivity contribution in [3.63, 3.8) is 0 Å². The molecular formula is C21H30N2O3. The van der Waals surface area contributed by atoms with E-state index in [1.165, 1.54) is 24.0 Å². The number of piperidine rings is 1. The second-order valence-corrected chi connectivity index (χ2v) is 8.02. The molecule has 0 radical (unpaired) electrons. The summed E-state index contributed by atoms with van der Waals surface area (Å²) in [5.74, 6) is 1.22. The van der Waals surface area contributed by atoms with Gasteiger partial charge in [-0.05, 0) is 57.2 Å². The zero-order valence-corrected chi connectivity index (χ0v) is 15.7. The van der Waals surface area contributed by atoms with E-state index >= 15 is 0 Å². The summed E-state index contributed by atoms with van der Waals surface area (Å²) in [7, 11) is 0. The van der Waals surface area contributed by atoms with E-state index in [1.807, 2.05) is 0 Å². The van der Waals surface area contributed by atoms with Gasteiger partial charge in [0.05, 0.1) is 25.8 Å². The first-order valence-electron chi connectivity index (χ1n) is 10.0. The summed E-state index contributed by atoms with van der Waals surface area (Å²) in [6.07, 6.45) is 4.49. The minimum absolute atomic E-state index is 0.0215. The molecule has 0 spiro atoms. The van der Waals surface area contributed by atoms with Crippen molar-refractivity contribution in [2.75, 3.05) is 32.8 Å². The standard InChI is InChI=1S/C21H30N2O3/c1-15-2-4-16(5-3-15)20(17-6-7-17)22-19(24)14-23-10-8-18(9-11-23)21-25-12-13-26-21/h2-5,17-18,20-21H,6-14H2,1H3,(H,22,24). The molecule has 1 N–H and O–H groups in total. The number of hydrogen-bond donors (Lipinski definition) is 1. The average Bonchev–Trinajstić information content (AvgIpc) is 3.35. The van der Waals surface area contributed by atoms with Crippen LogP contribution in [0.3, 0.4) is 0 Å². The third kappa shape index (κ3) is 4.45. The normalized spacial score (nSPS) is 23.9. The zero-order chi connectivity index (χ0) is 17.9. The molecule has 1 aliphatic carbocycles. The van der Waals surface area contributed by atoms with Crippen molar-refractivity contribution >= 4 is 5.91 Å². The van der Waals surface area contributed by atoms with E-state index < -0.39 is 0 Å². The molecule has 1 aromatic carbocycles. The zero-order valence-electron chi connectivity index (χ0n) is 15.7. The SMILES string of the molecule is Cc1ccc(C(NC(=O)CN2CCC(C3OCCO3)CC2)C2CC2)cc1. The molecule has 4 rings (SSSR count). The monoisotopic (exact) mass is 358 g/mol. The molecule has 5 nitrogen and oxygen atoms in total. The number of nitrogens with one attached hydrogen (secondary N) is 1. The van der Waals surface area contributed by atoms with Gasteiger partial charge in [0.1, 0.15) is 0 Å². The van der Waals surface area contributed by atoms with Gasteiger partial charge in [0, 0.05) is 5.92 Å². The molecule has 0 aromatic heterocycles. The van der Waals surface area contributed by atoms with Crippen LogP contribution in [-0.4, -0.2) is 49.9 Å². The van der Waals surface area contributed by atoms with Crippen molar-refractivity contribution < 1.29 is 14.3 Å². The Hall–Kier alpha value is -1.43. The highest BCUT2D eigenvalue weighted by Crippen LogP contribution is 2.41. The van der Waals surface area contributed by atoms with Gasteiger partial charge < -0.3 is 14.8 Å². The largest absolute Gasteiger partial charge is 0.350 e. The van der Waals surface area contributed by atoms with E-state index in [2.05, 4.69) is 41.4 Å². The topological polar surface area (TPSA) is 50.8 Å². The van der Waals surface area contributed by atoms with Crippen LogP contribution < -0.4 is 5.32 Å². The predicted molar refractivity (Wildman–Crippen MR) is 99.6 cm³/mol. The van der Waals surface area contributed by atoms with Crippen molar-refractivity contribution in [1.29, 1.82) is 0 Å². The van der Waals surface area contributed by atoms with Crippen LogP contribution >= 0.6 is 0 Å². The van der Waals surface area contributed by atoms with Crippen LogP contribution in [-0.2, 0) is 14.3 Å². The second kappa shape index (κ2) is 8.07. The highest BCUT2D eigenvalue weighted by molar-refractivity contribution is 5.78. The summed E-state index contributed by atoms with van der Waals surface area (Å²) in [5.41, 5.74) is 2.49. The number of hydrogen-bond acceptors (Lipinski definition) is 4. The number of carbonyl (C=O) groups excluding carboxylic acids is 1. The molecule has 5 heteroatoms. The van der Waals surface area contributed by atoms with E-state index in [9.17, 15) is 4.79 Å². The number of benzene rings is 1. The molecule has 2 saturated heterocycles. The van der Waals surface area contributed by atoms with E-state index in [4.69, 9.17) is 9.47 Å². The average molecular weight is 358 g/mol. The first-order valence-corrected chi connectivity index (χ1v) is 10.0. The Bertz CT molecular complexity index is 600. The van der Waals surface area contributed by atoms with Gasteiger partial charge in [-0.15, -0.1) is 0 Å². The van der Waals surface area contributed by atoms with Gasteiger partial charge in [-0.25, -0.2) is 0 Å². The Morgan fingerprint density at radius 1 is 1.12 bits per heavy atom. The van der Waals surface area contributed by atoms with Crippen LogP contribution in [0.5, 0.6) is 0 Å². The fraction of sp³-hybridized carbons (Fsp3) is 0.667. The molecule has 1 unspecified atom stereocenters. The molecular weight excluding hydrogens is 328 g/mol. The molecule has 1 saturated carbocycles. The molecule has 2 aliphatic heterocycles. The third-order valence-corrected chi connectivity index (χ3v) is 5.88. The molecule has 1 amide bonds. The summed E-state index contributed by atoms with van der Waals surface area (Å²) in [6, 6.07) is 8.75. The summed E-state index contributed by atoms with van der Waals surface area (Å²) in [5, 5.41) is 3.30. The Kier molecular flexibility index (Phi) is 5.57. The Labute approximate surface area is 156 Å². The summed E-state index contributed by atoms with van der Waals surface area (Å²) >= 11 is 0. The van der Waals surface area contributed by atoms with Crippen LogP contribution in [0.2, 0.25) is 0 Å². The molecule has 142 valence electrons. The molecule has 26 heavy (non-hydrogen) atoms. The van der Waals surface area contributed by atoms with E-state index in [-0.39, 0.29) is 18.2 Å². The molecule has 3 aliphatic rings. The maximum atomic E-state index is 12.6. The summed E-state index contributed by atoms with van der Waals surface area (Å²) in [6.45, 7) is 5.91. The molecule has 3 fully saturated rings. The van der Waals surface area contributed by atoms with Crippen LogP contribution in [0.4, 0.5) is 0 Å². The fourth-order valence-corrected chi connectivity index (χ4v) is 4.13. The number of amides is 1. The maximum absolute atomic E-state index is 12.6. The van der Waals surface area contributed by atoms with Gasteiger partial charge in [-0.3, -0.25) is 9.69 Å². The Morgan fingerprint density at radius 2 is 1.77 bits per heavy atom. The number of aryl methyl sites for hydroxylation is 1. The van der Waals surface area contributed by atoms with Crippen LogP contribution in [0.1, 0.15) is 42.9 Å². The van der Waals surface area contributed by atoms with Gasteiger partial charge in [0.2, 0.25) is 5.91 Å². The third-order valence-electron chi connectivity index (χ3n) is 5.88. The number of nitrogens with zero attached hydrogens (tertiary/aromatic N) is 1. The minimum Gasteiger partial charge on any atom is -0.350 e. The highest BCUT2D eigenvalue weighted by atomic mass is 16.7. The van der Waals surface area contributed by atoms with Crippen LogP contribution in [0, 0.1) is 18.8 Å². The van der Waals surface area contributed by atoms with Crippen LogP contribution in [0.25, 0.3) is 0 Å². The lowest BCUT2D eigenvalue weighted by Crippen LogP contribution is -2.44. The number of carbonyl (C=O) groups is 1. The molecule has 1 atom stereocenters.